The van der Waals surface area contributed by atoms with Gasteiger partial charge in [-0.05, 0) is 32.1 Å². The van der Waals surface area contributed by atoms with Crippen LogP contribution in [0.1, 0.15) is 354 Å². The fraction of sp³-hybridized carbons (Fsp3) is 0.937. The van der Waals surface area contributed by atoms with Crippen LogP contribution in [0.25, 0.3) is 0 Å². The monoisotopic (exact) mass is 974 g/mol. The van der Waals surface area contributed by atoms with Crippen LogP contribution in [-0.4, -0.2) is 47.4 Å². The van der Waals surface area contributed by atoms with E-state index < -0.39 is 12.1 Å². The third-order valence-electron chi connectivity index (χ3n) is 14.8. The van der Waals surface area contributed by atoms with E-state index in [1.807, 2.05) is 6.08 Å². The fourth-order valence-corrected chi connectivity index (χ4v) is 9.99. The van der Waals surface area contributed by atoms with Crippen molar-refractivity contribution in [2.24, 2.45) is 0 Å². The number of hydrogen-bond acceptors (Lipinski definition) is 5. The molecule has 0 fully saturated rings. The Hall–Kier alpha value is -1.40. The van der Waals surface area contributed by atoms with Crippen LogP contribution >= 0.6 is 0 Å². The van der Waals surface area contributed by atoms with Crippen LogP contribution in [0.15, 0.2) is 12.2 Å². The molecule has 0 aliphatic heterocycles. The van der Waals surface area contributed by atoms with E-state index in [1.165, 1.54) is 289 Å². The SMILES string of the molecule is CCCCCCCCCCCCCCCC/C=C/C(O)C(CO)NC(=O)CCCCCCCCCCCCCCCCCCCCCCCCCOC(=O)CCCCCCCCCCCCCCC. The topological polar surface area (TPSA) is 95.9 Å². The second kappa shape index (κ2) is 59.2. The van der Waals surface area contributed by atoms with Gasteiger partial charge in [-0.25, -0.2) is 0 Å². The molecule has 1 amide bonds. The summed E-state index contributed by atoms with van der Waals surface area (Å²) in [4.78, 5) is 24.5. The summed E-state index contributed by atoms with van der Waals surface area (Å²) in [6.45, 7) is 4.93. The summed E-state index contributed by atoms with van der Waals surface area (Å²) in [7, 11) is 0. The van der Waals surface area contributed by atoms with E-state index in [0.717, 1.165) is 38.5 Å². The minimum Gasteiger partial charge on any atom is -0.466 e. The number of aliphatic hydroxyl groups is 2. The smallest absolute Gasteiger partial charge is 0.305 e. The Morgan fingerprint density at radius 2 is 0.667 bits per heavy atom. The van der Waals surface area contributed by atoms with Gasteiger partial charge in [-0.1, -0.05) is 321 Å². The second-order valence-electron chi connectivity index (χ2n) is 21.8. The van der Waals surface area contributed by atoms with Gasteiger partial charge >= 0.3 is 5.97 Å². The number of esters is 1. The van der Waals surface area contributed by atoms with Crippen molar-refractivity contribution in [3.05, 3.63) is 12.2 Å². The maximum atomic E-state index is 12.5. The molecule has 0 heterocycles. The first-order valence-electron chi connectivity index (χ1n) is 31.5. The van der Waals surface area contributed by atoms with E-state index in [1.54, 1.807) is 6.08 Å². The molecule has 0 aromatic heterocycles. The first-order chi connectivity index (χ1) is 34.0. The summed E-state index contributed by atoms with van der Waals surface area (Å²) in [6.07, 6.45) is 71.1. The van der Waals surface area contributed by atoms with E-state index in [-0.39, 0.29) is 18.5 Å². The summed E-state index contributed by atoms with van der Waals surface area (Å²) >= 11 is 0. The lowest BCUT2D eigenvalue weighted by atomic mass is 10.0. The van der Waals surface area contributed by atoms with Crippen LogP contribution in [0.3, 0.4) is 0 Å². The molecule has 0 bridgehead atoms. The predicted octanol–water partition coefficient (Wildman–Crippen LogP) is 19.6. The standard InChI is InChI=1S/C63H123NO5/c1-3-5-7-9-11-13-15-17-18-28-32-35-39-43-47-51-55-61(66)60(59-65)64-62(67)56-52-48-44-40-36-33-29-26-24-22-20-19-21-23-25-27-30-34-38-42-46-50-54-58-69-63(68)57-53-49-45-41-37-31-16-14-12-10-8-6-4-2/h51,55,60-61,65-66H,3-50,52-54,56-59H2,1-2H3,(H,64,67)/b55-51+. The number of carbonyl (C=O) groups is 2. The van der Waals surface area contributed by atoms with Crippen LogP contribution in [0.2, 0.25) is 0 Å². The van der Waals surface area contributed by atoms with E-state index in [4.69, 9.17) is 4.74 Å². The number of amides is 1. The predicted molar refractivity (Wildman–Crippen MR) is 301 cm³/mol. The summed E-state index contributed by atoms with van der Waals surface area (Å²) in [5.41, 5.74) is 0. The van der Waals surface area contributed by atoms with E-state index in [9.17, 15) is 19.8 Å². The number of unbranched alkanes of at least 4 members (excludes halogenated alkanes) is 48. The highest BCUT2D eigenvalue weighted by molar-refractivity contribution is 5.76. The molecule has 2 unspecified atom stereocenters. The lowest BCUT2D eigenvalue weighted by Gasteiger charge is -2.20. The van der Waals surface area contributed by atoms with Gasteiger partial charge in [0.25, 0.3) is 0 Å². The number of ether oxygens (including phenoxy) is 1. The normalized spacial score (nSPS) is 12.6. The molecule has 0 spiro atoms. The summed E-state index contributed by atoms with van der Waals surface area (Å²) < 4.78 is 5.48. The Bertz CT molecular complexity index is 1030. The molecule has 0 aromatic rings. The maximum Gasteiger partial charge on any atom is 0.305 e. The molecule has 6 nitrogen and oxygen atoms in total. The number of aliphatic hydroxyl groups excluding tert-OH is 2. The van der Waals surface area contributed by atoms with Crippen molar-refractivity contribution in [2.45, 2.75) is 366 Å². The molecule has 0 aliphatic rings. The summed E-state index contributed by atoms with van der Waals surface area (Å²) in [5, 5.41) is 23.1. The second-order valence-corrected chi connectivity index (χ2v) is 21.8. The van der Waals surface area contributed by atoms with Crippen LogP contribution in [0.4, 0.5) is 0 Å². The Morgan fingerprint density at radius 1 is 0.391 bits per heavy atom. The molecular formula is C63H123NO5. The van der Waals surface area contributed by atoms with Gasteiger partial charge in [-0.2, -0.15) is 0 Å². The van der Waals surface area contributed by atoms with Crippen LogP contribution in [0.5, 0.6) is 0 Å². The Labute approximate surface area is 431 Å². The van der Waals surface area contributed by atoms with E-state index in [2.05, 4.69) is 19.2 Å². The molecular weight excluding hydrogens is 851 g/mol. The Morgan fingerprint density at radius 3 is 0.986 bits per heavy atom. The van der Waals surface area contributed by atoms with Crippen LogP contribution in [-0.2, 0) is 14.3 Å². The van der Waals surface area contributed by atoms with Crippen molar-refractivity contribution in [1.29, 1.82) is 0 Å². The molecule has 69 heavy (non-hydrogen) atoms. The molecule has 6 heteroatoms. The van der Waals surface area contributed by atoms with Gasteiger partial charge in [0.05, 0.1) is 25.4 Å². The molecule has 0 saturated heterocycles. The highest BCUT2D eigenvalue weighted by Gasteiger charge is 2.18. The van der Waals surface area contributed by atoms with Crippen molar-refractivity contribution in [3.63, 3.8) is 0 Å². The largest absolute Gasteiger partial charge is 0.466 e. The van der Waals surface area contributed by atoms with Crippen molar-refractivity contribution in [2.75, 3.05) is 13.2 Å². The fourth-order valence-electron chi connectivity index (χ4n) is 9.99. The zero-order valence-electron chi connectivity index (χ0n) is 46.8. The quantitative estimate of drug-likeness (QED) is 0.0321. The average molecular weight is 975 g/mol. The van der Waals surface area contributed by atoms with Gasteiger partial charge in [-0.3, -0.25) is 9.59 Å². The zero-order valence-corrected chi connectivity index (χ0v) is 46.8. The lowest BCUT2D eigenvalue weighted by molar-refractivity contribution is -0.143. The molecule has 3 N–H and O–H groups in total. The summed E-state index contributed by atoms with van der Waals surface area (Å²) in [5.74, 6) is -0.0487. The van der Waals surface area contributed by atoms with Crippen molar-refractivity contribution >= 4 is 11.9 Å². The molecule has 2 atom stereocenters. The minimum atomic E-state index is -0.843. The number of nitrogens with one attached hydrogen (secondary N) is 1. The third kappa shape index (κ3) is 55.8. The van der Waals surface area contributed by atoms with Gasteiger partial charge in [0.2, 0.25) is 5.91 Å². The maximum absolute atomic E-state index is 12.5. The minimum absolute atomic E-state index is 0.0161. The van der Waals surface area contributed by atoms with Crippen LogP contribution < -0.4 is 5.32 Å². The highest BCUT2D eigenvalue weighted by atomic mass is 16.5. The molecule has 0 aromatic carbocycles. The van der Waals surface area contributed by atoms with Crippen molar-refractivity contribution < 1.29 is 24.5 Å². The van der Waals surface area contributed by atoms with Crippen molar-refractivity contribution in [1.82, 2.24) is 5.32 Å². The van der Waals surface area contributed by atoms with Gasteiger partial charge in [0.15, 0.2) is 0 Å². The number of rotatable bonds is 59. The van der Waals surface area contributed by atoms with Gasteiger partial charge in [-0.15, -0.1) is 0 Å². The number of allylic oxidation sites excluding steroid dienone is 1. The Kier molecular flexibility index (Phi) is 58.0. The first-order valence-corrected chi connectivity index (χ1v) is 31.5. The average Bonchev–Trinajstić information content (AvgIpc) is 3.35. The third-order valence-corrected chi connectivity index (χ3v) is 14.8. The summed E-state index contributed by atoms with van der Waals surface area (Å²) in [6, 6.07) is -0.626. The number of hydrogen-bond donors (Lipinski definition) is 3. The van der Waals surface area contributed by atoms with Crippen molar-refractivity contribution in [3.8, 4) is 0 Å². The van der Waals surface area contributed by atoms with Crippen LogP contribution in [0, 0.1) is 0 Å². The van der Waals surface area contributed by atoms with Gasteiger partial charge < -0.3 is 20.3 Å². The molecule has 0 saturated carbocycles. The molecule has 0 aliphatic carbocycles. The Balaban J connectivity index is 3.38. The molecule has 410 valence electrons. The van der Waals surface area contributed by atoms with E-state index in [0.29, 0.717) is 19.4 Å². The van der Waals surface area contributed by atoms with E-state index >= 15 is 0 Å². The number of carbonyl (C=O) groups excluding carboxylic acids is 2. The van der Waals surface area contributed by atoms with Gasteiger partial charge in [0, 0.05) is 12.8 Å². The first kappa shape index (κ1) is 67.6. The molecule has 0 radical (unpaired) electrons. The zero-order chi connectivity index (χ0) is 50.0. The molecule has 0 rings (SSSR count). The highest BCUT2D eigenvalue weighted by Crippen LogP contribution is 2.18. The van der Waals surface area contributed by atoms with Gasteiger partial charge in [0.1, 0.15) is 0 Å². The lowest BCUT2D eigenvalue weighted by Crippen LogP contribution is -2.45.